The first-order valence-electron chi connectivity index (χ1n) is 8.20. The number of quaternary nitrogens is 1. The molecule has 0 aromatic heterocycles. The lowest BCUT2D eigenvalue weighted by atomic mass is 9.85. The number of ether oxygens (including phenoxy) is 1. The van der Waals surface area contributed by atoms with Gasteiger partial charge in [0.2, 0.25) is 5.72 Å². The molecule has 3 rings (SSSR count). The highest BCUT2D eigenvalue weighted by molar-refractivity contribution is 14.1. The van der Waals surface area contributed by atoms with Gasteiger partial charge in [-0.15, -0.1) is 0 Å². The number of benzene rings is 1. The van der Waals surface area contributed by atoms with Gasteiger partial charge < -0.3 is 10.1 Å². The second-order valence-electron chi connectivity index (χ2n) is 8.34. The lowest BCUT2D eigenvalue weighted by molar-refractivity contribution is -0.979. The quantitative estimate of drug-likeness (QED) is 0.516. The molecule has 2 aliphatic heterocycles. The zero-order valence-corrected chi connectivity index (χ0v) is 16.6. The van der Waals surface area contributed by atoms with Crippen LogP contribution in [-0.4, -0.2) is 37.4 Å². The van der Waals surface area contributed by atoms with Crippen LogP contribution in [0.1, 0.15) is 44.7 Å². The van der Waals surface area contributed by atoms with E-state index in [0.29, 0.717) is 0 Å². The summed E-state index contributed by atoms with van der Waals surface area (Å²) in [4.78, 5) is 0. The molecule has 0 atom stereocenters. The first kappa shape index (κ1) is 16.5. The summed E-state index contributed by atoms with van der Waals surface area (Å²) >= 11 is 2.45. The van der Waals surface area contributed by atoms with Gasteiger partial charge in [0.25, 0.3) is 0 Å². The number of halogens is 1. The highest BCUT2D eigenvalue weighted by Gasteiger charge is 2.52. The van der Waals surface area contributed by atoms with Crippen molar-refractivity contribution in [2.45, 2.75) is 51.3 Å². The maximum absolute atomic E-state index is 6.70. The Morgan fingerprint density at radius 1 is 1.18 bits per heavy atom. The molecule has 0 bridgehead atoms. The normalized spacial score (nSPS) is 23.0. The predicted molar refractivity (Wildman–Crippen MR) is 99.1 cm³/mol. The molecule has 1 aromatic rings. The first-order chi connectivity index (χ1) is 10.1. The number of rotatable bonds is 0. The fourth-order valence-electron chi connectivity index (χ4n) is 3.72. The topological polar surface area (TPSA) is 21.3 Å². The maximum atomic E-state index is 6.70. The van der Waals surface area contributed by atoms with Crippen molar-refractivity contribution in [3.63, 3.8) is 0 Å². The molecule has 1 aromatic carbocycles. The van der Waals surface area contributed by atoms with Crippen molar-refractivity contribution < 1.29 is 9.22 Å². The van der Waals surface area contributed by atoms with Crippen LogP contribution < -0.4 is 10.1 Å². The molecule has 1 N–H and O–H groups in total. The average Bonchev–Trinajstić information content (AvgIpc) is 2.41. The van der Waals surface area contributed by atoms with Crippen LogP contribution in [0.4, 0.5) is 0 Å². The molecule has 2 aliphatic rings. The zero-order chi connectivity index (χ0) is 16.2. The molecule has 0 amide bonds. The van der Waals surface area contributed by atoms with Crippen molar-refractivity contribution in [2.24, 2.45) is 0 Å². The lowest BCUT2D eigenvalue weighted by Crippen LogP contribution is -2.67. The molecule has 0 saturated carbocycles. The van der Waals surface area contributed by atoms with Gasteiger partial charge in [-0.05, 0) is 45.7 Å². The zero-order valence-electron chi connectivity index (χ0n) is 14.4. The van der Waals surface area contributed by atoms with Crippen LogP contribution >= 0.6 is 22.6 Å². The van der Waals surface area contributed by atoms with Gasteiger partial charge in [0.05, 0.1) is 36.1 Å². The van der Waals surface area contributed by atoms with Gasteiger partial charge in [-0.3, -0.25) is 4.48 Å². The van der Waals surface area contributed by atoms with E-state index in [1.165, 1.54) is 14.7 Å². The minimum absolute atomic E-state index is 0.0680. The van der Waals surface area contributed by atoms with E-state index in [9.17, 15) is 0 Å². The molecule has 122 valence electrons. The molecule has 4 heteroatoms. The van der Waals surface area contributed by atoms with Gasteiger partial charge in [0.15, 0.2) is 0 Å². The van der Waals surface area contributed by atoms with Gasteiger partial charge in [0, 0.05) is 13.1 Å². The van der Waals surface area contributed by atoms with Gasteiger partial charge >= 0.3 is 0 Å². The second-order valence-corrected chi connectivity index (χ2v) is 9.50. The maximum Gasteiger partial charge on any atom is 0.245 e. The van der Waals surface area contributed by atoms with Crippen LogP contribution in [-0.2, 0) is 12.0 Å². The number of nitrogens with zero attached hydrogens (tertiary/aromatic N) is 1. The Labute approximate surface area is 148 Å². The van der Waals surface area contributed by atoms with Gasteiger partial charge in [-0.1, -0.05) is 20.8 Å². The smallest absolute Gasteiger partial charge is 0.245 e. The van der Waals surface area contributed by atoms with E-state index < -0.39 is 0 Å². The average molecular weight is 415 g/mol. The minimum atomic E-state index is -0.0680. The molecule has 0 unspecified atom stereocenters. The fraction of sp³-hybridized carbons (Fsp3) is 0.667. The Bertz CT molecular complexity index is 583. The Balaban J connectivity index is 2.06. The number of hydrogen-bond donors (Lipinski definition) is 1. The molecule has 22 heavy (non-hydrogen) atoms. The Morgan fingerprint density at radius 3 is 2.41 bits per heavy atom. The summed E-state index contributed by atoms with van der Waals surface area (Å²) in [7, 11) is 4.65. The fourth-order valence-corrected chi connectivity index (χ4v) is 4.52. The van der Waals surface area contributed by atoms with Crippen molar-refractivity contribution >= 4 is 22.6 Å². The van der Waals surface area contributed by atoms with Crippen molar-refractivity contribution in [3.8, 4) is 5.75 Å². The Kier molecular flexibility index (Phi) is 4.02. The molecule has 0 aliphatic carbocycles. The van der Waals surface area contributed by atoms with Gasteiger partial charge in [-0.25, -0.2) is 0 Å². The van der Waals surface area contributed by atoms with Gasteiger partial charge in [-0.2, -0.15) is 0 Å². The van der Waals surface area contributed by atoms with Crippen LogP contribution in [0.3, 0.4) is 0 Å². The number of nitrogens with one attached hydrogen (secondary N) is 1. The Hall–Kier alpha value is -0.330. The van der Waals surface area contributed by atoms with Crippen LogP contribution in [0.2, 0.25) is 0 Å². The van der Waals surface area contributed by atoms with E-state index >= 15 is 0 Å². The van der Waals surface area contributed by atoms with Crippen molar-refractivity contribution in [1.82, 2.24) is 5.32 Å². The predicted octanol–water partition coefficient (Wildman–Crippen LogP) is 3.64. The second kappa shape index (κ2) is 5.35. The molecule has 1 fully saturated rings. The molecule has 1 saturated heterocycles. The van der Waals surface area contributed by atoms with E-state index in [1.54, 1.807) is 0 Å². The number of piperidine rings is 1. The third kappa shape index (κ3) is 2.67. The molecule has 1 spiro atoms. The standard InChI is InChI=1S/C18H28IN2O/c1-17(2,3)14-10-13-12-21(4,5)18(6-8-20-9-7-18)22-16(13)15(19)11-14/h10-11,20H,6-9,12H2,1-5H3/q+1. The number of fused-ring (bicyclic) bond motifs is 1. The first-order valence-corrected chi connectivity index (χ1v) is 9.28. The summed E-state index contributed by atoms with van der Waals surface area (Å²) in [5, 5.41) is 3.47. The van der Waals surface area contributed by atoms with E-state index in [1.807, 2.05) is 0 Å². The highest BCUT2D eigenvalue weighted by atomic mass is 127. The van der Waals surface area contributed by atoms with Gasteiger partial charge in [0.1, 0.15) is 12.3 Å². The minimum Gasteiger partial charge on any atom is -0.439 e. The summed E-state index contributed by atoms with van der Waals surface area (Å²) in [6.07, 6.45) is 2.16. The van der Waals surface area contributed by atoms with E-state index in [-0.39, 0.29) is 11.1 Å². The lowest BCUT2D eigenvalue weighted by Gasteiger charge is -2.53. The van der Waals surface area contributed by atoms with Crippen LogP contribution in [0, 0.1) is 3.57 Å². The van der Waals surface area contributed by atoms with Crippen LogP contribution in [0.5, 0.6) is 5.75 Å². The summed E-state index contributed by atoms with van der Waals surface area (Å²) in [6, 6.07) is 4.67. The molecule has 2 heterocycles. The van der Waals surface area contributed by atoms with Crippen LogP contribution in [0.25, 0.3) is 0 Å². The molecule has 3 nitrogen and oxygen atoms in total. The summed E-state index contributed by atoms with van der Waals surface area (Å²) in [5.74, 6) is 1.13. The highest BCUT2D eigenvalue weighted by Crippen LogP contribution is 2.45. The van der Waals surface area contributed by atoms with E-state index in [0.717, 1.165) is 42.7 Å². The third-order valence-corrected chi connectivity index (χ3v) is 6.13. The monoisotopic (exact) mass is 415 g/mol. The van der Waals surface area contributed by atoms with Crippen molar-refractivity contribution in [1.29, 1.82) is 0 Å². The summed E-state index contributed by atoms with van der Waals surface area (Å²) in [6.45, 7) is 9.99. The van der Waals surface area contributed by atoms with E-state index in [4.69, 9.17) is 4.74 Å². The largest absolute Gasteiger partial charge is 0.439 e. The molecule has 0 radical (unpaired) electrons. The summed E-state index contributed by atoms with van der Waals surface area (Å²) < 4.78 is 8.88. The number of hydrogen-bond acceptors (Lipinski definition) is 2. The Morgan fingerprint density at radius 2 is 1.82 bits per heavy atom. The van der Waals surface area contributed by atoms with Crippen molar-refractivity contribution in [3.05, 3.63) is 26.8 Å². The molecular weight excluding hydrogens is 387 g/mol. The van der Waals surface area contributed by atoms with Crippen LogP contribution in [0.15, 0.2) is 12.1 Å². The van der Waals surface area contributed by atoms with E-state index in [2.05, 4.69) is 74.9 Å². The third-order valence-electron chi connectivity index (χ3n) is 5.33. The SMILES string of the molecule is CC(C)(C)c1cc(I)c2c(c1)C[N+](C)(C)C1(CCNCC1)O2. The summed E-state index contributed by atoms with van der Waals surface area (Å²) in [5.41, 5.74) is 2.88. The van der Waals surface area contributed by atoms with Crippen molar-refractivity contribution in [2.75, 3.05) is 27.2 Å². The molecular formula is C18H28IN2O+.